The molecule has 2 aliphatic heterocycles. The molecule has 0 bridgehead atoms. The fourth-order valence-electron chi connectivity index (χ4n) is 9.54. The molecule has 60 heavy (non-hydrogen) atoms. The number of rotatable bonds is 3. The van der Waals surface area contributed by atoms with Gasteiger partial charge in [0.2, 0.25) is 19.7 Å². The van der Waals surface area contributed by atoms with Crippen LogP contribution in [0.25, 0.3) is 21.6 Å². The van der Waals surface area contributed by atoms with Crippen LogP contribution in [-0.4, -0.2) is 16.8 Å². The number of thiophene rings is 1. The van der Waals surface area contributed by atoms with Gasteiger partial charge in [-0.2, -0.15) is 0 Å². The van der Waals surface area contributed by atoms with Gasteiger partial charge < -0.3 is 4.90 Å². The summed E-state index contributed by atoms with van der Waals surface area (Å²) in [7, 11) is -8.19. The maximum absolute atomic E-state index is 14.2. The second kappa shape index (κ2) is 12.9. The number of anilines is 3. The van der Waals surface area contributed by atoms with E-state index >= 15 is 0 Å². The molecule has 0 amide bonds. The molecule has 0 atom stereocenters. The van der Waals surface area contributed by atoms with Crippen molar-refractivity contribution >= 4 is 48.1 Å². The first kappa shape index (κ1) is 38.9. The smallest absolute Gasteiger partial charge is 0.209 e. The van der Waals surface area contributed by atoms with Crippen molar-refractivity contribution in [1.29, 1.82) is 0 Å². The van der Waals surface area contributed by atoms with Crippen molar-refractivity contribution in [2.75, 3.05) is 4.90 Å². The standard InChI is InChI=1S/C52H47NO4S3/c1-50(2,3)32-22-24-34-36(28-32)37-29-33(51(4,5)6)23-25-35(37)48(34)49-42(53-40-17-11-9-15-38(40)52(7,8)39-16-10-12-18-41(39)53)30-43(58-49)31-21-26-46-47(27-31)60(56,57)45-20-14-13-19-44(45)59(46,54)55/h9-30,48H,1-8H3. The Morgan fingerprint density at radius 3 is 1.50 bits per heavy atom. The van der Waals surface area contributed by atoms with Crippen molar-refractivity contribution in [2.24, 2.45) is 0 Å². The van der Waals surface area contributed by atoms with Gasteiger partial charge in [-0.15, -0.1) is 11.3 Å². The minimum absolute atomic E-state index is 0.0506. The van der Waals surface area contributed by atoms with Gasteiger partial charge in [0.15, 0.2) is 0 Å². The van der Waals surface area contributed by atoms with Crippen molar-refractivity contribution in [3.05, 3.63) is 172 Å². The number of nitrogens with zero attached hydrogens (tertiary/aromatic N) is 1. The highest BCUT2D eigenvalue weighted by Gasteiger charge is 2.42. The van der Waals surface area contributed by atoms with E-state index in [9.17, 15) is 16.8 Å². The average Bonchev–Trinajstić information content (AvgIpc) is 3.78. The summed E-state index contributed by atoms with van der Waals surface area (Å²) >= 11 is 1.65. The third-order valence-corrected chi connectivity index (χ3v) is 18.1. The average molecular weight is 846 g/mol. The molecule has 0 spiro atoms. The lowest BCUT2D eigenvalue weighted by Gasteiger charge is -2.42. The molecule has 3 aliphatic rings. The molecule has 1 aromatic heterocycles. The van der Waals surface area contributed by atoms with E-state index in [1.165, 1.54) is 62.7 Å². The summed E-state index contributed by atoms with van der Waals surface area (Å²) in [6.45, 7) is 18.1. The van der Waals surface area contributed by atoms with Gasteiger partial charge in [0, 0.05) is 21.1 Å². The van der Waals surface area contributed by atoms with Gasteiger partial charge >= 0.3 is 0 Å². The van der Waals surface area contributed by atoms with E-state index in [-0.39, 0.29) is 41.7 Å². The van der Waals surface area contributed by atoms with Crippen LogP contribution in [0.5, 0.6) is 0 Å². The molecule has 0 saturated carbocycles. The molecule has 10 rings (SSSR count). The molecule has 0 radical (unpaired) electrons. The van der Waals surface area contributed by atoms with Crippen LogP contribution in [0.15, 0.2) is 153 Å². The first-order valence-electron chi connectivity index (χ1n) is 20.5. The lowest BCUT2D eigenvalue weighted by atomic mass is 9.73. The molecule has 1 aliphatic carbocycles. The lowest BCUT2D eigenvalue weighted by molar-refractivity contribution is 0.570. The largest absolute Gasteiger partial charge is 0.309 e. The SMILES string of the molecule is CC(C)(C)c1ccc2c(c1)-c1cc(C(C)(C)C)ccc1C2c1sc(-c2ccc3c(c2)S(=O)(=O)c2ccccc2S3(=O)=O)cc1N1c2ccccc2C(C)(C)c2ccccc21. The Bertz CT molecular complexity index is 3080. The molecule has 3 heterocycles. The zero-order valence-corrected chi connectivity index (χ0v) is 37.5. The molecular formula is C52H47NO4S3. The maximum Gasteiger partial charge on any atom is 0.209 e. The molecule has 5 nitrogen and oxygen atoms in total. The Morgan fingerprint density at radius 2 is 0.983 bits per heavy atom. The fourth-order valence-corrected chi connectivity index (χ4v) is 15.0. The minimum atomic E-state index is -4.13. The zero-order valence-electron chi connectivity index (χ0n) is 35.1. The van der Waals surface area contributed by atoms with Crippen molar-refractivity contribution in [3.63, 3.8) is 0 Å². The van der Waals surface area contributed by atoms with Gasteiger partial charge in [0.1, 0.15) is 0 Å². The summed E-state index contributed by atoms with van der Waals surface area (Å²) in [6, 6.07) is 44.1. The Labute approximate surface area is 358 Å². The topological polar surface area (TPSA) is 71.5 Å². The molecule has 302 valence electrons. The zero-order chi connectivity index (χ0) is 42.3. The first-order valence-corrected chi connectivity index (χ1v) is 24.2. The summed E-state index contributed by atoms with van der Waals surface area (Å²) in [5, 5.41) is 0. The predicted octanol–water partition coefficient (Wildman–Crippen LogP) is 13.3. The summed E-state index contributed by atoms with van der Waals surface area (Å²) in [6.07, 6.45) is 0. The summed E-state index contributed by atoms with van der Waals surface area (Å²) < 4.78 is 56.3. The van der Waals surface area contributed by atoms with Crippen molar-refractivity contribution in [3.8, 4) is 21.6 Å². The Hall–Kier alpha value is -5.28. The second-order valence-electron chi connectivity index (χ2n) is 19.0. The van der Waals surface area contributed by atoms with Crippen molar-refractivity contribution in [2.45, 2.75) is 97.1 Å². The maximum atomic E-state index is 14.2. The molecule has 7 aromatic rings. The summed E-state index contributed by atoms with van der Waals surface area (Å²) in [5.74, 6) is -0.130. The second-order valence-corrected chi connectivity index (χ2v) is 23.9. The molecule has 6 aromatic carbocycles. The van der Waals surface area contributed by atoms with Crippen LogP contribution in [0, 0.1) is 0 Å². The first-order chi connectivity index (χ1) is 28.3. The predicted molar refractivity (Wildman–Crippen MR) is 244 cm³/mol. The number of fused-ring (bicyclic) bond motifs is 7. The van der Waals surface area contributed by atoms with Gasteiger partial charge in [-0.1, -0.05) is 146 Å². The van der Waals surface area contributed by atoms with Crippen LogP contribution in [-0.2, 0) is 35.9 Å². The Kier molecular flexibility index (Phi) is 8.34. The number of para-hydroxylation sites is 2. The van der Waals surface area contributed by atoms with Crippen LogP contribution in [0.2, 0.25) is 0 Å². The highest BCUT2D eigenvalue weighted by atomic mass is 32.2. The van der Waals surface area contributed by atoms with Crippen LogP contribution in [0.4, 0.5) is 17.1 Å². The molecule has 8 heteroatoms. The van der Waals surface area contributed by atoms with Gasteiger partial charge in [-0.25, -0.2) is 16.8 Å². The highest BCUT2D eigenvalue weighted by molar-refractivity contribution is 7.97. The van der Waals surface area contributed by atoms with Crippen molar-refractivity contribution in [1.82, 2.24) is 0 Å². The number of sulfone groups is 2. The van der Waals surface area contributed by atoms with E-state index in [4.69, 9.17) is 0 Å². The van der Waals surface area contributed by atoms with Gasteiger partial charge in [-0.3, -0.25) is 0 Å². The van der Waals surface area contributed by atoms with Crippen LogP contribution >= 0.6 is 11.3 Å². The Morgan fingerprint density at radius 1 is 0.517 bits per heavy atom. The minimum Gasteiger partial charge on any atom is -0.309 e. The summed E-state index contributed by atoms with van der Waals surface area (Å²) in [5.41, 5.74) is 13.4. The monoisotopic (exact) mass is 845 g/mol. The van der Waals surface area contributed by atoms with E-state index in [1.54, 1.807) is 35.6 Å². The molecule has 0 N–H and O–H groups in total. The van der Waals surface area contributed by atoms with E-state index < -0.39 is 19.7 Å². The quantitative estimate of drug-likeness (QED) is 0.177. The fraction of sp³-hybridized carbons (Fsp3) is 0.231. The molecule has 0 fully saturated rings. The number of hydrogen-bond acceptors (Lipinski definition) is 6. The Balaban J connectivity index is 1.26. The third kappa shape index (κ3) is 5.60. The van der Waals surface area contributed by atoms with E-state index in [1.807, 2.05) is 0 Å². The third-order valence-electron chi connectivity index (χ3n) is 12.9. The van der Waals surface area contributed by atoms with Crippen LogP contribution in [0.3, 0.4) is 0 Å². The molecule has 0 saturated heterocycles. The van der Waals surface area contributed by atoms with Gasteiger partial charge in [0.05, 0.1) is 36.6 Å². The summed E-state index contributed by atoms with van der Waals surface area (Å²) in [4.78, 5) is 3.62. The molecule has 0 unspecified atom stereocenters. The van der Waals surface area contributed by atoms with Gasteiger partial charge in [0.25, 0.3) is 0 Å². The normalized spacial score (nSPS) is 16.9. The van der Waals surface area contributed by atoms with Crippen LogP contribution in [0.1, 0.15) is 99.6 Å². The molecular weight excluding hydrogens is 799 g/mol. The lowest BCUT2D eigenvalue weighted by Crippen LogP contribution is -2.30. The van der Waals surface area contributed by atoms with Crippen LogP contribution < -0.4 is 4.90 Å². The van der Waals surface area contributed by atoms with Gasteiger partial charge in [-0.05, 0) is 103 Å². The van der Waals surface area contributed by atoms with E-state index in [0.29, 0.717) is 5.56 Å². The number of benzene rings is 6. The number of hydrogen-bond donors (Lipinski definition) is 0. The van der Waals surface area contributed by atoms with Crippen molar-refractivity contribution < 1.29 is 16.8 Å². The highest BCUT2D eigenvalue weighted by Crippen LogP contribution is 2.59. The van der Waals surface area contributed by atoms with E-state index in [2.05, 4.69) is 151 Å². The van der Waals surface area contributed by atoms with E-state index in [0.717, 1.165) is 26.8 Å².